The molecule has 96 valence electrons. The van der Waals surface area contributed by atoms with Gasteiger partial charge in [-0.3, -0.25) is 9.59 Å². The number of anilines is 1. The summed E-state index contributed by atoms with van der Waals surface area (Å²) < 4.78 is 0. The molecule has 0 spiro atoms. The van der Waals surface area contributed by atoms with Gasteiger partial charge < -0.3 is 10.4 Å². The van der Waals surface area contributed by atoms with Crippen molar-refractivity contribution >= 4 is 34.7 Å². The van der Waals surface area contributed by atoms with Gasteiger partial charge in [-0.15, -0.1) is 0 Å². The van der Waals surface area contributed by atoms with Crippen molar-refractivity contribution in [2.24, 2.45) is 0 Å². The molecule has 0 bridgehead atoms. The number of benzene rings is 1. The first-order valence-corrected chi connectivity index (χ1v) is 5.74. The highest BCUT2D eigenvalue weighted by molar-refractivity contribution is 6.31. The van der Waals surface area contributed by atoms with Gasteiger partial charge in [0.2, 0.25) is 5.91 Å². The fourth-order valence-corrected chi connectivity index (χ4v) is 1.69. The lowest BCUT2D eigenvalue weighted by Gasteiger charge is -2.07. The van der Waals surface area contributed by atoms with Crippen LogP contribution in [0.1, 0.15) is 25.8 Å². The second-order valence-corrected chi connectivity index (χ2v) is 4.28. The first-order valence-electron chi connectivity index (χ1n) is 5.36. The van der Waals surface area contributed by atoms with Gasteiger partial charge in [0.1, 0.15) is 0 Å². The van der Waals surface area contributed by atoms with Crippen LogP contribution in [0.15, 0.2) is 24.3 Å². The first kappa shape index (κ1) is 14.3. The molecule has 5 heteroatoms. The van der Waals surface area contributed by atoms with Gasteiger partial charge in [-0.25, -0.2) is 0 Å². The van der Waals surface area contributed by atoms with Crippen molar-refractivity contribution in [2.75, 3.05) is 5.32 Å². The number of hydrogen-bond acceptors (Lipinski definition) is 2. The van der Waals surface area contributed by atoms with Gasteiger partial charge >= 0.3 is 0 Å². The largest absolute Gasteiger partial charge is 0.481 e. The lowest BCUT2D eigenvalue weighted by Crippen LogP contribution is -2.09. The summed E-state index contributed by atoms with van der Waals surface area (Å²) in [7, 11) is 0. The maximum Gasteiger partial charge on any atom is 0.300 e. The van der Waals surface area contributed by atoms with E-state index < -0.39 is 5.97 Å². The third-order valence-electron chi connectivity index (χ3n) is 2.27. The van der Waals surface area contributed by atoms with Crippen LogP contribution in [0, 0.1) is 0 Å². The second kappa shape index (κ2) is 6.21. The fourth-order valence-electron chi connectivity index (χ4n) is 1.52. The Hall–Kier alpha value is -1.81. The van der Waals surface area contributed by atoms with E-state index in [-0.39, 0.29) is 5.91 Å². The minimum atomic E-state index is -0.833. The van der Waals surface area contributed by atoms with Gasteiger partial charge in [-0.05, 0) is 24.6 Å². The number of hydrogen-bond donors (Lipinski definition) is 2. The van der Waals surface area contributed by atoms with Crippen LogP contribution in [0.5, 0.6) is 0 Å². The number of nitrogens with one attached hydrogen (secondary N) is 1. The van der Waals surface area contributed by atoms with Crippen molar-refractivity contribution in [2.45, 2.75) is 20.3 Å². The monoisotopic (exact) mass is 267 g/mol. The van der Waals surface area contributed by atoms with Gasteiger partial charge in [0.25, 0.3) is 5.97 Å². The SMILES string of the molecule is CC(=O)O.CC1=CCC(=O)Nc2cc(Cl)ccc21. The molecule has 0 unspecified atom stereocenters. The lowest BCUT2D eigenvalue weighted by molar-refractivity contribution is -0.134. The summed E-state index contributed by atoms with van der Waals surface area (Å²) in [6.45, 7) is 3.08. The molecule has 0 radical (unpaired) electrons. The number of rotatable bonds is 0. The van der Waals surface area contributed by atoms with Crippen LogP contribution in [-0.2, 0) is 9.59 Å². The molecule has 0 fully saturated rings. The van der Waals surface area contributed by atoms with E-state index in [0.29, 0.717) is 11.4 Å². The number of halogens is 1. The van der Waals surface area contributed by atoms with Crippen LogP contribution in [0.2, 0.25) is 5.02 Å². The van der Waals surface area contributed by atoms with Crippen LogP contribution in [0.25, 0.3) is 5.57 Å². The number of allylic oxidation sites excluding steroid dienone is 1. The van der Waals surface area contributed by atoms with Crippen molar-refractivity contribution < 1.29 is 14.7 Å². The van der Waals surface area contributed by atoms with Gasteiger partial charge in [0.15, 0.2) is 0 Å². The second-order valence-electron chi connectivity index (χ2n) is 3.85. The maximum absolute atomic E-state index is 11.3. The van der Waals surface area contributed by atoms with Gasteiger partial charge in [-0.1, -0.05) is 23.7 Å². The summed E-state index contributed by atoms with van der Waals surface area (Å²) in [5.41, 5.74) is 2.95. The molecule has 0 atom stereocenters. The third-order valence-corrected chi connectivity index (χ3v) is 2.51. The number of carboxylic acids is 1. The fraction of sp³-hybridized carbons (Fsp3) is 0.231. The molecule has 1 aliphatic heterocycles. The normalized spacial score (nSPS) is 13.3. The standard InChI is InChI=1S/C11H10ClNO.C2H4O2/c1-7-2-5-11(14)13-10-6-8(12)3-4-9(7)10;1-2(3)4/h2-4,6H,5H2,1H3,(H,13,14);1H3,(H,3,4). The Balaban J connectivity index is 0.000000357. The summed E-state index contributed by atoms with van der Waals surface area (Å²) >= 11 is 5.85. The molecule has 4 nitrogen and oxygen atoms in total. The van der Waals surface area contributed by atoms with Gasteiger partial charge in [0.05, 0.1) is 0 Å². The highest BCUT2D eigenvalue weighted by atomic mass is 35.5. The van der Waals surface area contributed by atoms with Crippen molar-refractivity contribution in [1.82, 2.24) is 0 Å². The maximum atomic E-state index is 11.3. The zero-order valence-corrected chi connectivity index (χ0v) is 10.9. The highest BCUT2D eigenvalue weighted by Crippen LogP contribution is 2.29. The molecule has 1 heterocycles. The molecule has 2 rings (SSSR count). The van der Waals surface area contributed by atoms with Crippen LogP contribution >= 0.6 is 11.6 Å². The predicted molar refractivity (Wildman–Crippen MR) is 71.7 cm³/mol. The van der Waals surface area contributed by atoms with E-state index >= 15 is 0 Å². The zero-order chi connectivity index (χ0) is 13.7. The molecular formula is C13H14ClNO3. The smallest absolute Gasteiger partial charge is 0.300 e. The Morgan fingerprint density at radius 1 is 1.44 bits per heavy atom. The van der Waals surface area contributed by atoms with Crippen LogP contribution in [0.3, 0.4) is 0 Å². The Kier molecular flexibility index (Phi) is 4.92. The molecule has 1 amide bonds. The molecule has 1 aromatic rings. The summed E-state index contributed by atoms with van der Waals surface area (Å²) in [5, 5.41) is 10.9. The Bertz CT molecular complexity index is 505. The van der Waals surface area contributed by atoms with Crippen LogP contribution in [-0.4, -0.2) is 17.0 Å². The summed E-state index contributed by atoms with van der Waals surface area (Å²) in [5.74, 6) is -0.828. The summed E-state index contributed by atoms with van der Waals surface area (Å²) in [6.07, 6.45) is 2.35. The molecule has 18 heavy (non-hydrogen) atoms. The van der Waals surface area contributed by atoms with Gasteiger partial charge in [-0.2, -0.15) is 0 Å². The number of aliphatic carboxylic acids is 1. The average Bonchev–Trinajstić information content (AvgIpc) is 2.37. The Morgan fingerprint density at radius 3 is 2.67 bits per heavy atom. The van der Waals surface area contributed by atoms with Gasteiger partial charge in [0, 0.05) is 29.6 Å². The van der Waals surface area contributed by atoms with Crippen molar-refractivity contribution in [3.63, 3.8) is 0 Å². The molecule has 1 aliphatic rings. The summed E-state index contributed by atoms with van der Waals surface area (Å²) in [4.78, 5) is 20.3. The van der Waals surface area contributed by atoms with Crippen LogP contribution in [0.4, 0.5) is 5.69 Å². The molecule has 0 saturated carbocycles. The molecular weight excluding hydrogens is 254 g/mol. The van der Waals surface area contributed by atoms with Crippen LogP contribution < -0.4 is 5.32 Å². The molecule has 1 aromatic carbocycles. The first-order chi connectivity index (χ1) is 8.40. The molecule has 0 saturated heterocycles. The average molecular weight is 268 g/mol. The van der Waals surface area contributed by atoms with E-state index in [1.165, 1.54) is 0 Å². The Morgan fingerprint density at radius 2 is 2.06 bits per heavy atom. The Labute approximate surface area is 110 Å². The van der Waals surface area contributed by atoms with Crippen molar-refractivity contribution in [1.29, 1.82) is 0 Å². The minimum Gasteiger partial charge on any atom is -0.481 e. The zero-order valence-electron chi connectivity index (χ0n) is 10.2. The van der Waals surface area contributed by atoms with E-state index in [2.05, 4.69) is 5.32 Å². The topological polar surface area (TPSA) is 66.4 Å². The van der Waals surface area contributed by atoms with Crippen molar-refractivity contribution in [3.05, 3.63) is 34.9 Å². The molecule has 0 aliphatic carbocycles. The summed E-state index contributed by atoms with van der Waals surface area (Å²) in [6, 6.07) is 5.53. The van der Waals surface area contributed by atoms with E-state index in [4.69, 9.17) is 21.5 Å². The van der Waals surface area contributed by atoms with E-state index in [9.17, 15) is 4.79 Å². The number of carbonyl (C=O) groups excluding carboxylic acids is 1. The third kappa shape index (κ3) is 4.22. The highest BCUT2D eigenvalue weighted by Gasteiger charge is 2.12. The molecule has 0 aromatic heterocycles. The molecule has 2 N–H and O–H groups in total. The minimum absolute atomic E-state index is 0.00497. The van der Waals surface area contributed by atoms with Crippen molar-refractivity contribution in [3.8, 4) is 0 Å². The number of fused-ring (bicyclic) bond motifs is 1. The number of carboxylic acid groups (broad SMARTS) is 1. The lowest BCUT2D eigenvalue weighted by atomic mass is 10.1. The van der Waals surface area contributed by atoms with E-state index in [1.807, 2.05) is 25.1 Å². The number of carbonyl (C=O) groups is 2. The van der Waals surface area contributed by atoms with E-state index in [0.717, 1.165) is 23.7 Å². The number of amides is 1. The quantitative estimate of drug-likeness (QED) is 0.759. The predicted octanol–water partition coefficient (Wildman–Crippen LogP) is 3.18. The van der Waals surface area contributed by atoms with E-state index in [1.54, 1.807) is 6.07 Å².